The van der Waals surface area contributed by atoms with Crippen LogP contribution >= 0.6 is 0 Å². The van der Waals surface area contributed by atoms with Gasteiger partial charge in [0.25, 0.3) is 0 Å². The third kappa shape index (κ3) is 5.34. The molecule has 0 bridgehead atoms. The predicted molar refractivity (Wildman–Crippen MR) is 128 cm³/mol. The maximum absolute atomic E-state index is 13.1. The summed E-state index contributed by atoms with van der Waals surface area (Å²) in [4.78, 5) is 19.7. The molecule has 0 N–H and O–H groups in total. The first-order valence-electron chi connectivity index (χ1n) is 12.5. The van der Waals surface area contributed by atoms with Gasteiger partial charge in [-0.3, -0.25) is 4.90 Å². The Morgan fingerprint density at radius 2 is 1.88 bits per heavy atom. The zero-order valence-corrected chi connectivity index (χ0v) is 21.3. The number of ether oxygens (including phenoxy) is 2. The molecular weight excluding hydrogens is 416 g/mol. The third-order valence-corrected chi connectivity index (χ3v) is 6.99. The number of hydrogen-bond acceptors (Lipinski definition) is 5. The fourth-order valence-corrected chi connectivity index (χ4v) is 5.06. The average molecular weight is 457 g/mol. The maximum atomic E-state index is 13.1. The fraction of sp³-hybridized carbons (Fsp3) is 0.731. The topological polar surface area (TPSA) is 69.0 Å². The Labute approximate surface area is 197 Å². The Morgan fingerprint density at radius 3 is 2.52 bits per heavy atom. The number of fused-ring (bicyclic) bond motifs is 1. The molecule has 2 aromatic heterocycles. The van der Waals surface area contributed by atoms with E-state index in [2.05, 4.69) is 26.8 Å². The Bertz CT molecular complexity index is 985. The summed E-state index contributed by atoms with van der Waals surface area (Å²) >= 11 is 0. The van der Waals surface area contributed by atoms with E-state index in [1.165, 1.54) is 25.7 Å². The molecule has 7 nitrogen and oxygen atoms in total. The quantitative estimate of drug-likeness (QED) is 0.596. The van der Waals surface area contributed by atoms with Gasteiger partial charge in [0.15, 0.2) is 5.65 Å². The van der Waals surface area contributed by atoms with Crippen molar-refractivity contribution >= 4 is 11.7 Å². The second kappa shape index (κ2) is 9.24. The summed E-state index contributed by atoms with van der Waals surface area (Å²) < 4.78 is 14.0. The van der Waals surface area contributed by atoms with Crippen LogP contribution in [0.3, 0.4) is 0 Å². The van der Waals surface area contributed by atoms with Crippen molar-refractivity contribution in [3.8, 4) is 0 Å². The van der Waals surface area contributed by atoms with Gasteiger partial charge in [-0.1, -0.05) is 33.6 Å². The van der Waals surface area contributed by atoms with Crippen LogP contribution in [-0.2, 0) is 9.47 Å². The van der Waals surface area contributed by atoms with Gasteiger partial charge >= 0.3 is 6.09 Å². The number of amides is 1. The first kappa shape index (κ1) is 24.0. The van der Waals surface area contributed by atoms with Crippen molar-refractivity contribution in [3.05, 3.63) is 29.2 Å². The molecule has 4 rings (SSSR count). The van der Waals surface area contributed by atoms with E-state index < -0.39 is 5.60 Å². The smallest absolute Gasteiger partial charge is 0.410 e. The molecule has 1 aliphatic heterocycles. The first-order valence-corrected chi connectivity index (χ1v) is 12.5. The van der Waals surface area contributed by atoms with Crippen molar-refractivity contribution in [2.45, 2.75) is 97.8 Å². The molecule has 2 aliphatic rings. The van der Waals surface area contributed by atoms with Gasteiger partial charge in [0.1, 0.15) is 11.7 Å². The number of carbonyl (C=O) groups excluding carboxylic acids is 1. The summed E-state index contributed by atoms with van der Waals surface area (Å²) in [5.41, 5.74) is 3.32. The van der Waals surface area contributed by atoms with E-state index in [0.29, 0.717) is 19.1 Å². The lowest BCUT2D eigenvalue weighted by molar-refractivity contribution is -0.0833. The molecule has 1 saturated carbocycles. The molecule has 2 atom stereocenters. The van der Waals surface area contributed by atoms with E-state index in [1.54, 1.807) is 0 Å². The van der Waals surface area contributed by atoms with E-state index in [0.717, 1.165) is 28.6 Å². The van der Waals surface area contributed by atoms with Crippen molar-refractivity contribution in [2.75, 3.05) is 13.2 Å². The second-order valence-electron chi connectivity index (χ2n) is 11.4. The molecule has 33 heavy (non-hydrogen) atoms. The molecule has 0 unspecified atom stereocenters. The molecule has 2 fully saturated rings. The van der Waals surface area contributed by atoms with Crippen LogP contribution in [0.5, 0.6) is 0 Å². The Kier molecular flexibility index (Phi) is 6.72. The van der Waals surface area contributed by atoms with E-state index in [-0.39, 0.29) is 24.2 Å². The van der Waals surface area contributed by atoms with E-state index in [1.807, 2.05) is 43.2 Å². The summed E-state index contributed by atoms with van der Waals surface area (Å²) in [6.07, 6.45) is 4.31. The van der Waals surface area contributed by atoms with Gasteiger partial charge in [0.05, 0.1) is 30.6 Å². The van der Waals surface area contributed by atoms with Gasteiger partial charge in [-0.15, -0.1) is 0 Å². The molecule has 1 aliphatic carbocycles. The van der Waals surface area contributed by atoms with Crippen LogP contribution in [0.4, 0.5) is 4.79 Å². The monoisotopic (exact) mass is 456 g/mol. The molecular formula is C26H40N4O3. The van der Waals surface area contributed by atoms with Crippen molar-refractivity contribution in [2.24, 2.45) is 11.8 Å². The summed E-state index contributed by atoms with van der Waals surface area (Å²) in [5, 5.41) is 5.00. The average Bonchev–Trinajstić information content (AvgIpc) is 3.15. The Hall–Kier alpha value is -2.15. The van der Waals surface area contributed by atoms with Crippen LogP contribution in [-0.4, -0.2) is 50.4 Å². The number of nitrogens with zero attached hydrogens (tertiary/aromatic N) is 4. The summed E-state index contributed by atoms with van der Waals surface area (Å²) in [5.74, 6) is 1.56. The standard InChI is InChI=1S/C26H40N4O3/c1-16(2)22-15-32-23(14-29(22)25(31)33-26(5,6)7)21-12-18(4)27-24-13-20(28-30(21)24)19-10-8-17(3)9-11-19/h12-13,16-17,19,22-23H,8-11,14-15H2,1-7H3/t17?,19?,22-,23-/m1/s1. The van der Waals surface area contributed by atoms with Crippen molar-refractivity contribution < 1.29 is 14.3 Å². The zero-order valence-electron chi connectivity index (χ0n) is 21.3. The van der Waals surface area contributed by atoms with Crippen molar-refractivity contribution in [1.29, 1.82) is 0 Å². The molecule has 2 aromatic rings. The zero-order chi connectivity index (χ0) is 23.9. The minimum absolute atomic E-state index is 0.0214. The lowest BCUT2D eigenvalue weighted by atomic mass is 9.81. The highest BCUT2D eigenvalue weighted by Crippen LogP contribution is 2.36. The van der Waals surface area contributed by atoms with Crippen molar-refractivity contribution in [3.63, 3.8) is 0 Å². The summed E-state index contributed by atoms with van der Waals surface area (Å²) in [6.45, 7) is 15.2. The van der Waals surface area contributed by atoms with Gasteiger partial charge < -0.3 is 9.47 Å². The highest BCUT2D eigenvalue weighted by atomic mass is 16.6. The maximum Gasteiger partial charge on any atom is 0.410 e. The predicted octanol–water partition coefficient (Wildman–Crippen LogP) is 5.66. The number of morpholine rings is 1. The third-order valence-electron chi connectivity index (χ3n) is 6.99. The van der Waals surface area contributed by atoms with Crippen LogP contribution in [0, 0.1) is 18.8 Å². The molecule has 3 heterocycles. The molecule has 182 valence electrons. The molecule has 7 heteroatoms. The Morgan fingerprint density at radius 1 is 1.18 bits per heavy atom. The number of aromatic nitrogens is 3. The Balaban J connectivity index is 1.64. The first-order chi connectivity index (χ1) is 15.5. The van der Waals surface area contributed by atoms with E-state index in [9.17, 15) is 4.79 Å². The van der Waals surface area contributed by atoms with Gasteiger partial charge in [-0.2, -0.15) is 5.10 Å². The molecule has 1 saturated heterocycles. The minimum Gasteiger partial charge on any atom is -0.444 e. The molecule has 0 aromatic carbocycles. The summed E-state index contributed by atoms with van der Waals surface area (Å²) in [6, 6.07) is 4.16. The molecule has 1 amide bonds. The van der Waals surface area contributed by atoms with Crippen LogP contribution < -0.4 is 0 Å². The van der Waals surface area contributed by atoms with Crippen LogP contribution in [0.25, 0.3) is 5.65 Å². The van der Waals surface area contributed by atoms with Crippen LogP contribution in [0.15, 0.2) is 12.1 Å². The number of rotatable bonds is 3. The van der Waals surface area contributed by atoms with Gasteiger partial charge in [-0.25, -0.2) is 14.3 Å². The molecule has 0 radical (unpaired) electrons. The van der Waals surface area contributed by atoms with Gasteiger partial charge in [-0.05, 0) is 58.4 Å². The highest BCUT2D eigenvalue weighted by molar-refractivity contribution is 5.69. The van der Waals surface area contributed by atoms with Gasteiger partial charge in [0.2, 0.25) is 0 Å². The normalized spacial score (nSPS) is 26.7. The molecule has 0 spiro atoms. The summed E-state index contributed by atoms with van der Waals surface area (Å²) in [7, 11) is 0. The van der Waals surface area contributed by atoms with Crippen LogP contribution in [0.2, 0.25) is 0 Å². The van der Waals surface area contributed by atoms with Gasteiger partial charge in [0, 0.05) is 17.7 Å². The lowest BCUT2D eigenvalue weighted by Crippen LogP contribution is -2.53. The van der Waals surface area contributed by atoms with Crippen molar-refractivity contribution in [1.82, 2.24) is 19.5 Å². The number of carbonyl (C=O) groups is 1. The lowest BCUT2D eigenvalue weighted by Gasteiger charge is -2.42. The minimum atomic E-state index is -0.540. The fourth-order valence-electron chi connectivity index (χ4n) is 5.06. The SMILES string of the molecule is Cc1cc([C@H]2CN(C(=O)OC(C)(C)C)[C@@H](C(C)C)CO2)n2nc(C3CCC(C)CC3)cc2n1. The highest BCUT2D eigenvalue weighted by Gasteiger charge is 2.38. The number of aryl methyl sites for hydroxylation is 1. The number of hydrogen-bond donors (Lipinski definition) is 0. The second-order valence-corrected chi connectivity index (χ2v) is 11.4. The largest absolute Gasteiger partial charge is 0.444 e. The van der Waals surface area contributed by atoms with Crippen LogP contribution in [0.1, 0.15) is 96.3 Å². The van der Waals surface area contributed by atoms with E-state index >= 15 is 0 Å². The van der Waals surface area contributed by atoms with E-state index in [4.69, 9.17) is 19.6 Å².